The zero-order valence-electron chi connectivity index (χ0n) is 15.5. The molecule has 140 valence electrons. The van der Waals surface area contributed by atoms with Gasteiger partial charge in [0.1, 0.15) is 0 Å². The molecule has 0 saturated carbocycles. The molecule has 1 amide bonds. The Morgan fingerprint density at radius 3 is 2.46 bits per heavy atom. The van der Waals surface area contributed by atoms with Crippen molar-refractivity contribution in [3.05, 3.63) is 99.0 Å². The van der Waals surface area contributed by atoms with Gasteiger partial charge in [-0.2, -0.15) is 5.10 Å². The number of hydrazone groups is 1. The second kappa shape index (κ2) is 7.98. The first-order valence-electron chi connectivity index (χ1n) is 9.11. The topological polar surface area (TPSA) is 44.7 Å². The van der Waals surface area contributed by atoms with Gasteiger partial charge in [-0.25, -0.2) is 5.43 Å². The standard InChI is InChI=1S/C23H20BrN3O/c1-16-2-4-17(5-3-16)13-25-26-23(28)18-6-7-19-14-27(15-20(19)12-18)22-10-8-21(24)9-11-22/h2-13H,14-15H2,1H3,(H,26,28)/b25-13+. The van der Waals surface area contributed by atoms with Gasteiger partial charge >= 0.3 is 0 Å². The van der Waals surface area contributed by atoms with Gasteiger partial charge in [0.05, 0.1) is 6.21 Å². The lowest BCUT2D eigenvalue weighted by Crippen LogP contribution is -2.17. The molecular weight excluding hydrogens is 414 g/mol. The van der Waals surface area contributed by atoms with Crippen molar-refractivity contribution in [3.8, 4) is 0 Å². The molecule has 5 heteroatoms. The van der Waals surface area contributed by atoms with Gasteiger partial charge in [-0.05, 0) is 60.0 Å². The molecule has 3 aromatic rings. The fourth-order valence-electron chi connectivity index (χ4n) is 3.25. The number of hydrogen-bond donors (Lipinski definition) is 1. The van der Waals surface area contributed by atoms with E-state index in [2.05, 4.69) is 43.5 Å². The number of rotatable bonds is 4. The Balaban J connectivity index is 1.42. The predicted octanol–water partition coefficient (Wildman–Crippen LogP) is 5.04. The van der Waals surface area contributed by atoms with Gasteiger partial charge in [-0.15, -0.1) is 0 Å². The van der Waals surface area contributed by atoms with Crippen molar-refractivity contribution < 1.29 is 4.79 Å². The summed E-state index contributed by atoms with van der Waals surface area (Å²) in [6.45, 7) is 3.68. The molecule has 4 rings (SSSR count). The lowest BCUT2D eigenvalue weighted by atomic mass is 10.1. The van der Waals surface area contributed by atoms with E-state index in [0.29, 0.717) is 5.56 Å². The average Bonchev–Trinajstić information content (AvgIpc) is 3.13. The van der Waals surface area contributed by atoms with Crippen LogP contribution in [0.15, 0.2) is 76.3 Å². The summed E-state index contributed by atoms with van der Waals surface area (Å²) in [7, 11) is 0. The van der Waals surface area contributed by atoms with Gasteiger partial charge in [-0.3, -0.25) is 4.79 Å². The van der Waals surface area contributed by atoms with Crippen LogP contribution < -0.4 is 10.3 Å². The molecule has 1 aliphatic rings. The van der Waals surface area contributed by atoms with Crippen LogP contribution in [0.1, 0.15) is 32.6 Å². The molecule has 0 unspecified atom stereocenters. The summed E-state index contributed by atoms with van der Waals surface area (Å²) in [6, 6.07) is 22.1. The summed E-state index contributed by atoms with van der Waals surface area (Å²) in [6.07, 6.45) is 1.65. The van der Waals surface area contributed by atoms with E-state index in [1.165, 1.54) is 22.4 Å². The summed E-state index contributed by atoms with van der Waals surface area (Å²) >= 11 is 3.47. The number of nitrogens with one attached hydrogen (secondary N) is 1. The van der Waals surface area contributed by atoms with Crippen LogP contribution in [0.3, 0.4) is 0 Å². The van der Waals surface area contributed by atoms with Gasteiger partial charge in [0, 0.05) is 28.8 Å². The number of hydrogen-bond acceptors (Lipinski definition) is 3. The lowest BCUT2D eigenvalue weighted by Gasteiger charge is -2.17. The summed E-state index contributed by atoms with van der Waals surface area (Å²) < 4.78 is 1.07. The Bertz CT molecular complexity index is 1030. The molecule has 1 heterocycles. The van der Waals surface area contributed by atoms with Gasteiger partial charge in [-0.1, -0.05) is 51.8 Å². The zero-order valence-corrected chi connectivity index (χ0v) is 17.1. The third-order valence-corrected chi connectivity index (χ3v) is 5.37. The van der Waals surface area contributed by atoms with Crippen molar-refractivity contribution >= 4 is 33.7 Å². The van der Waals surface area contributed by atoms with E-state index in [4.69, 9.17) is 0 Å². The molecule has 0 bridgehead atoms. The van der Waals surface area contributed by atoms with Gasteiger partial charge < -0.3 is 4.90 Å². The number of halogens is 1. The van der Waals surface area contributed by atoms with Crippen molar-refractivity contribution in [2.24, 2.45) is 5.10 Å². The fourth-order valence-corrected chi connectivity index (χ4v) is 3.52. The maximum atomic E-state index is 12.4. The summed E-state index contributed by atoms with van der Waals surface area (Å²) in [5, 5.41) is 4.07. The third kappa shape index (κ3) is 4.15. The number of nitrogens with zero attached hydrogens (tertiary/aromatic N) is 2. The Morgan fingerprint density at radius 2 is 1.71 bits per heavy atom. The molecule has 0 aliphatic carbocycles. The van der Waals surface area contributed by atoms with Crippen molar-refractivity contribution in [3.63, 3.8) is 0 Å². The molecule has 28 heavy (non-hydrogen) atoms. The molecule has 1 aliphatic heterocycles. The van der Waals surface area contributed by atoms with Crippen LogP contribution >= 0.6 is 15.9 Å². The highest BCUT2D eigenvalue weighted by Crippen LogP contribution is 2.29. The monoisotopic (exact) mass is 433 g/mol. The Kier molecular flexibility index (Phi) is 5.26. The van der Waals surface area contributed by atoms with Gasteiger partial charge in [0.15, 0.2) is 0 Å². The molecule has 4 nitrogen and oxygen atoms in total. The minimum Gasteiger partial charge on any atom is -0.363 e. The molecule has 0 aromatic heterocycles. The van der Waals surface area contributed by atoms with Gasteiger partial charge in [0.2, 0.25) is 0 Å². The highest BCUT2D eigenvalue weighted by atomic mass is 79.9. The van der Waals surface area contributed by atoms with E-state index in [9.17, 15) is 4.79 Å². The number of amides is 1. The average molecular weight is 434 g/mol. The zero-order chi connectivity index (χ0) is 19.5. The maximum absolute atomic E-state index is 12.4. The molecule has 3 aromatic carbocycles. The SMILES string of the molecule is Cc1ccc(/C=N/NC(=O)c2ccc3c(c2)CN(c2ccc(Br)cc2)C3)cc1. The van der Waals surface area contributed by atoms with Crippen LogP contribution in [0.5, 0.6) is 0 Å². The Hall–Kier alpha value is -2.92. The molecule has 0 atom stereocenters. The first-order valence-corrected chi connectivity index (χ1v) is 9.90. The molecular formula is C23H20BrN3O. The number of anilines is 1. The summed E-state index contributed by atoms with van der Waals surface area (Å²) in [5.74, 6) is -0.201. The molecule has 0 saturated heterocycles. The second-order valence-electron chi connectivity index (χ2n) is 6.93. The molecule has 0 spiro atoms. The third-order valence-electron chi connectivity index (χ3n) is 4.84. The summed E-state index contributed by atoms with van der Waals surface area (Å²) in [5.41, 5.74) is 8.98. The quantitative estimate of drug-likeness (QED) is 0.462. The van der Waals surface area contributed by atoms with E-state index in [-0.39, 0.29) is 5.91 Å². The van der Waals surface area contributed by atoms with Crippen LogP contribution in [0.4, 0.5) is 5.69 Å². The number of carbonyl (C=O) groups excluding carboxylic acids is 1. The van der Waals surface area contributed by atoms with Gasteiger partial charge in [0.25, 0.3) is 5.91 Å². The molecule has 0 radical (unpaired) electrons. The largest absolute Gasteiger partial charge is 0.363 e. The number of fused-ring (bicyclic) bond motifs is 1. The van der Waals surface area contributed by atoms with Crippen LogP contribution in [-0.2, 0) is 13.1 Å². The van der Waals surface area contributed by atoms with Crippen molar-refractivity contribution in [1.82, 2.24) is 5.43 Å². The minimum absolute atomic E-state index is 0.201. The normalized spacial score (nSPS) is 13.0. The Morgan fingerprint density at radius 1 is 1.00 bits per heavy atom. The molecule has 1 N–H and O–H groups in total. The van der Waals surface area contributed by atoms with Crippen LogP contribution in [-0.4, -0.2) is 12.1 Å². The van der Waals surface area contributed by atoms with E-state index in [0.717, 1.165) is 23.1 Å². The van der Waals surface area contributed by atoms with Crippen LogP contribution in [0, 0.1) is 6.92 Å². The number of carbonyl (C=O) groups is 1. The van der Waals surface area contributed by atoms with E-state index in [1.807, 2.05) is 61.5 Å². The fraction of sp³-hybridized carbons (Fsp3) is 0.130. The van der Waals surface area contributed by atoms with E-state index < -0.39 is 0 Å². The number of aryl methyl sites for hydroxylation is 1. The lowest BCUT2D eigenvalue weighted by molar-refractivity contribution is 0.0955. The van der Waals surface area contributed by atoms with E-state index >= 15 is 0 Å². The highest BCUT2D eigenvalue weighted by Gasteiger charge is 2.20. The summed E-state index contributed by atoms with van der Waals surface area (Å²) in [4.78, 5) is 14.7. The second-order valence-corrected chi connectivity index (χ2v) is 7.84. The minimum atomic E-state index is -0.201. The maximum Gasteiger partial charge on any atom is 0.271 e. The first-order chi connectivity index (χ1) is 13.6. The van der Waals surface area contributed by atoms with E-state index in [1.54, 1.807) is 6.21 Å². The predicted molar refractivity (Wildman–Crippen MR) is 117 cm³/mol. The van der Waals surface area contributed by atoms with Crippen LogP contribution in [0.25, 0.3) is 0 Å². The highest BCUT2D eigenvalue weighted by molar-refractivity contribution is 9.10. The smallest absolute Gasteiger partial charge is 0.271 e. The van der Waals surface area contributed by atoms with Crippen molar-refractivity contribution in [2.75, 3.05) is 4.90 Å². The van der Waals surface area contributed by atoms with Crippen molar-refractivity contribution in [1.29, 1.82) is 0 Å². The van der Waals surface area contributed by atoms with Crippen LogP contribution in [0.2, 0.25) is 0 Å². The van der Waals surface area contributed by atoms with Crippen molar-refractivity contribution in [2.45, 2.75) is 20.0 Å². The number of benzene rings is 3. The first kappa shape index (κ1) is 18.4. The Labute approximate surface area is 173 Å². The molecule has 0 fully saturated rings.